The Kier molecular flexibility index (Phi) is 5.66. The molecule has 2 nitrogen and oxygen atoms in total. The van der Waals surface area contributed by atoms with Gasteiger partial charge in [-0.15, -0.1) is 13.1 Å². The van der Waals surface area contributed by atoms with Crippen molar-refractivity contribution in [3.05, 3.63) is 5.32 Å². The molecule has 2 heterocycles. The third kappa shape index (κ3) is 4.63. The average molecular weight is 410 g/mol. The largest absolute Gasteiger partial charge is 0.662 e. The molecule has 0 unspecified atom stereocenters. The van der Waals surface area contributed by atoms with E-state index in [1.165, 1.54) is 45.3 Å². The molecule has 2 aliphatic rings. The summed E-state index contributed by atoms with van der Waals surface area (Å²) in [5.41, 5.74) is 1.13. The summed E-state index contributed by atoms with van der Waals surface area (Å²) in [5, 5.41) is 4.49. The normalized spacial score (nSPS) is 25.6. The zero-order chi connectivity index (χ0) is 11.6. The van der Waals surface area contributed by atoms with Gasteiger partial charge < -0.3 is 10.2 Å². The van der Waals surface area contributed by atoms with Gasteiger partial charge in [-0.3, -0.25) is 0 Å². The van der Waals surface area contributed by atoms with Gasteiger partial charge in [-0.25, -0.2) is 0 Å². The van der Waals surface area contributed by atoms with E-state index in [1.807, 2.05) is 0 Å². The fourth-order valence-electron chi connectivity index (χ4n) is 3.23. The molecule has 0 amide bonds. The second-order valence-electron chi connectivity index (χ2n) is 7.01. The predicted molar refractivity (Wildman–Crippen MR) is 69.9 cm³/mol. The van der Waals surface area contributed by atoms with E-state index in [0.717, 1.165) is 13.1 Å². The monoisotopic (exact) mass is 410 g/mol. The van der Waals surface area contributed by atoms with Gasteiger partial charge in [-0.05, 0) is 36.8 Å². The SMILES string of the molecule is CC(C)(C)CN1CCC2(CC[N-]CC2)CC1.[Re]. The summed E-state index contributed by atoms with van der Waals surface area (Å²) in [6.07, 6.45) is 5.55. The van der Waals surface area contributed by atoms with Gasteiger partial charge in [0.25, 0.3) is 0 Å². The zero-order valence-electron chi connectivity index (χ0n) is 11.6. The third-order valence-corrected chi connectivity index (χ3v) is 4.22. The van der Waals surface area contributed by atoms with E-state index in [1.54, 1.807) is 0 Å². The summed E-state index contributed by atoms with van der Waals surface area (Å²) in [6, 6.07) is 0. The van der Waals surface area contributed by atoms with E-state index < -0.39 is 0 Å². The number of hydrogen-bond acceptors (Lipinski definition) is 1. The molecular weight excluding hydrogens is 382 g/mol. The maximum Gasteiger partial charge on any atom is 0.00300 e. The summed E-state index contributed by atoms with van der Waals surface area (Å²) in [7, 11) is 0. The maximum absolute atomic E-state index is 4.49. The number of nitrogens with zero attached hydrogens (tertiary/aromatic N) is 2. The Balaban J connectivity index is 0.00000144. The molecular formula is C14H27N2Re-. The van der Waals surface area contributed by atoms with Crippen LogP contribution in [0.4, 0.5) is 0 Å². The minimum atomic E-state index is 0. The molecule has 0 atom stereocenters. The minimum absolute atomic E-state index is 0. The summed E-state index contributed by atoms with van der Waals surface area (Å²) in [4.78, 5) is 2.66. The Morgan fingerprint density at radius 3 is 2.00 bits per heavy atom. The fraction of sp³-hybridized carbons (Fsp3) is 1.00. The molecule has 1 spiro atoms. The van der Waals surface area contributed by atoms with Gasteiger partial charge in [-0.1, -0.05) is 33.6 Å². The van der Waals surface area contributed by atoms with E-state index in [9.17, 15) is 0 Å². The van der Waals surface area contributed by atoms with Crippen LogP contribution in [0.2, 0.25) is 0 Å². The predicted octanol–water partition coefficient (Wildman–Crippen LogP) is 3.28. The molecule has 0 N–H and O–H groups in total. The van der Waals surface area contributed by atoms with Crippen LogP contribution in [-0.2, 0) is 20.4 Å². The summed E-state index contributed by atoms with van der Waals surface area (Å²) in [5.74, 6) is 0. The van der Waals surface area contributed by atoms with Gasteiger partial charge in [0, 0.05) is 27.0 Å². The number of piperidine rings is 2. The maximum atomic E-state index is 4.49. The Hall–Kier alpha value is 0.582. The molecule has 0 saturated carbocycles. The van der Waals surface area contributed by atoms with Gasteiger partial charge in [0.2, 0.25) is 0 Å². The van der Waals surface area contributed by atoms with Crippen molar-refractivity contribution in [3.8, 4) is 0 Å². The molecule has 0 aromatic rings. The first kappa shape index (κ1) is 15.6. The summed E-state index contributed by atoms with van der Waals surface area (Å²) >= 11 is 0. The smallest absolute Gasteiger partial charge is 0.00300 e. The fourth-order valence-corrected chi connectivity index (χ4v) is 3.23. The van der Waals surface area contributed by atoms with Crippen LogP contribution in [0.5, 0.6) is 0 Å². The quantitative estimate of drug-likeness (QED) is 0.650. The van der Waals surface area contributed by atoms with Crippen molar-refractivity contribution in [1.82, 2.24) is 4.90 Å². The van der Waals surface area contributed by atoms with Gasteiger partial charge >= 0.3 is 0 Å². The molecule has 17 heavy (non-hydrogen) atoms. The van der Waals surface area contributed by atoms with E-state index in [4.69, 9.17) is 0 Å². The second-order valence-corrected chi connectivity index (χ2v) is 7.01. The topological polar surface area (TPSA) is 17.3 Å². The van der Waals surface area contributed by atoms with Gasteiger partial charge in [0.15, 0.2) is 0 Å². The summed E-state index contributed by atoms with van der Waals surface area (Å²) < 4.78 is 0. The van der Waals surface area contributed by atoms with Crippen LogP contribution < -0.4 is 0 Å². The van der Waals surface area contributed by atoms with E-state index in [-0.39, 0.29) is 20.4 Å². The molecule has 2 rings (SSSR count). The first-order valence-electron chi connectivity index (χ1n) is 6.85. The Morgan fingerprint density at radius 1 is 1.00 bits per heavy atom. The van der Waals surface area contributed by atoms with Crippen LogP contribution in [0.15, 0.2) is 0 Å². The van der Waals surface area contributed by atoms with Crippen LogP contribution in [-0.4, -0.2) is 37.6 Å². The molecule has 0 aliphatic carbocycles. The second kappa shape index (κ2) is 6.15. The third-order valence-electron chi connectivity index (χ3n) is 4.22. The first-order chi connectivity index (χ1) is 7.49. The van der Waals surface area contributed by atoms with Crippen LogP contribution in [0, 0.1) is 10.8 Å². The van der Waals surface area contributed by atoms with Crippen molar-refractivity contribution in [1.29, 1.82) is 0 Å². The molecule has 0 bridgehead atoms. The number of hydrogen-bond donors (Lipinski definition) is 0. The standard InChI is InChI=1S/C14H27N2.Re/c1-13(2,3)12-16-10-6-14(7-11-16)4-8-15-9-5-14;/h4-12H2,1-3H3;/q-1;. The molecule has 0 aromatic carbocycles. The molecule has 2 saturated heterocycles. The molecule has 101 valence electrons. The van der Waals surface area contributed by atoms with Crippen LogP contribution in [0.1, 0.15) is 46.5 Å². The van der Waals surface area contributed by atoms with Crippen molar-refractivity contribution in [2.24, 2.45) is 10.8 Å². The van der Waals surface area contributed by atoms with Gasteiger partial charge in [0.05, 0.1) is 0 Å². The average Bonchev–Trinajstić information content (AvgIpc) is 2.22. The molecule has 2 aliphatic heterocycles. The van der Waals surface area contributed by atoms with E-state index in [2.05, 4.69) is 31.0 Å². The Morgan fingerprint density at radius 2 is 1.53 bits per heavy atom. The number of rotatable bonds is 1. The van der Waals surface area contributed by atoms with E-state index >= 15 is 0 Å². The molecule has 0 aromatic heterocycles. The Bertz CT molecular complexity index is 219. The molecule has 3 heteroatoms. The molecule has 2 fully saturated rings. The van der Waals surface area contributed by atoms with Crippen LogP contribution in [0.3, 0.4) is 0 Å². The van der Waals surface area contributed by atoms with Crippen molar-refractivity contribution < 1.29 is 20.4 Å². The Labute approximate surface area is 121 Å². The van der Waals surface area contributed by atoms with Crippen molar-refractivity contribution in [3.63, 3.8) is 0 Å². The van der Waals surface area contributed by atoms with Crippen molar-refractivity contribution in [2.75, 3.05) is 32.7 Å². The number of likely N-dealkylation sites (tertiary alicyclic amines) is 1. The van der Waals surface area contributed by atoms with Gasteiger partial charge in [-0.2, -0.15) is 0 Å². The van der Waals surface area contributed by atoms with Crippen LogP contribution >= 0.6 is 0 Å². The first-order valence-corrected chi connectivity index (χ1v) is 6.85. The van der Waals surface area contributed by atoms with Crippen LogP contribution in [0.25, 0.3) is 5.32 Å². The van der Waals surface area contributed by atoms with Crippen molar-refractivity contribution >= 4 is 0 Å². The molecule has 1 radical (unpaired) electrons. The van der Waals surface area contributed by atoms with Crippen molar-refractivity contribution in [2.45, 2.75) is 46.5 Å². The zero-order valence-corrected chi connectivity index (χ0v) is 14.4. The van der Waals surface area contributed by atoms with E-state index in [0.29, 0.717) is 10.8 Å². The summed E-state index contributed by atoms with van der Waals surface area (Å²) in [6.45, 7) is 13.2. The minimum Gasteiger partial charge on any atom is -0.662 e. The van der Waals surface area contributed by atoms with Gasteiger partial charge in [0.1, 0.15) is 0 Å².